The molecule has 0 rings (SSSR count). The summed E-state index contributed by atoms with van der Waals surface area (Å²) < 4.78 is 0. The third kappa shape index (κ3) is 31.2. The first kappa shape index (κ1) is 76.7. The summed E-state index contributed by atoms with van der Waals surface area (Å²) in [6, 6.07) is -14.7. The Bertz CT molecular complexity index is 2200. The zero-order valence-electron chi connectivity index (χ0n) is 46.3. The fraction of sp³-hybridized carbons (Fsp3) is 0.696. The van der Waals surface area contributed by atoms with Crippen LogP contribution in [0, 0.1) is 5.21 Å². The van der Waals surface area contributed by atoms with Crippen LogP contribution in [0.1, 0.15) is 77.0 Å². The Hall–Kier alpha value is -8.34. The van der Waals surface area contributed by atoms with Crippen molar-refractivity contribution < 1.29 is 113 Å². The normalized spacial score (nSPS) is 14.6. The molecule has 0 aliphatic rings. The Morgan fingerprint density at radius 1 is 0.482 bits per heavy atom. The van der Waals surface area contributed by atoms with Gasteiger partial charge in [0.25, 0.3) is 0 Å². The zero-order valence-corrected chi connectivity index (χ0v) is 46.3. The smallest absolute Gasteiger partial charge is 0.335 e. The molecule has 0 radical (unpaired) electrons. The third-order valence-electron chi connectivity index (χ3n) is 12.0. The number of aliphatic hydroxyl groups excluding tert-OH is 4. The number of nitrogens with one attached hydrogen (secondary N) is 10. The summed E-state index contributed by atoms with van der Waals surface area (Å²) in [6.45, 7) is -2.87. The Labute approximate surface area is 485 Å². The highest BCUT2D eigenvalue weighted by molar-refractivity contribution is 5.99. The van der Waals surface area contributed by atoms with E-state index >= 15 is 0 Å². The number of carbonyl (C=O) groups excluding carboxylic acids is 12. The maximum atomic E-state index is 13.4. The maximum Gasteiger partial charge on any atom is 0.335 e. The van der Waals surface area contributed by atoms with Gasteiger partial charge in [0, 0.05) is 32.6 Å². The Morgan fingerprint density at radius 2 is 0.835 bits per heavy atom. The second-order valence-corrected chi connectivity index (χ2v) is 18.4. The SMILES string of the molecule is NCCCCNC(=O)[C@H](CCCN(O)C=O)NC(=O)[C@H](CO)NC(=O)[C@H](NC(=O)[C@H](CCCN=[N+]([O-])CCC[C@H](NC=O)C(=O)N[C@@H](C(=O)N[C@@H](CO)C(=O)N[C@@H](CCCN(O)C=O)C(=O)NCCCCN)[C@@H](O)C(=O)O)NC=O)[C@@H](O)C(=O)O. The number of nitrogens with zero attached hydrogens (tertiary/aromatic N) is 4. The van der Waals surface area contributed by atoms with Crippen molar-refractivity contribution in [1.29, 1.82) is 0 Å². The summed E-state index contributed by atoms with van der Waals surface area (Å²) >= 11 is 0. The number of rotatable bonds is 50. The summed E-state index contributed by atoms with van der Waals surface area (Å²) in [5, 5.41) is 117. The topological polar surface area (TPSA) is 618 Å². The van der Waals surface area contributed by atoms with Gasteiger partial charge in [-0.15, -0.1) is 0 Å². The van der Waals surface area contributed by atoms with Gasteiger partial charge < -0.3 is 100 Å². The van der Waals surface area contributed by atoms with Crippen molar-refractivity contribution in [3.05, 3.63) is 5.21 Å². The van der Waals surface area contributed by atoms with Crippen LogP contribution in [0.4, 0.5) is 0 Å². The highest BCUT2D eigenvalue weighted by atomic mass is 16.5. The van der Waals surface area contributed by atoms with Gasteiger partial charge in [0.15, 0.2) is 18.8 Å². The van der Waals surface area contributed by atoms with Gasteiger partial charge >= 0.3 is 11.9 Å². The number of hydrogen-bond donors (Lipinski definition) is 20. The number of aliphatic carboxylic acids is 2. The van der Waals surface area contributed by atoms with E-state index in [1.165, 1.54) is 0 Å². The minimum absolute atomic E-state index is 0.0319. The molecule has 0 fully saturated rings. The van der Waals surface area contributed by atoms with Gasteiger partial charge in [-0.1, -0.05) is 4.86 Å². The van der Waals surface area contributed by atoms with E-state index in [-0.39, 0.29) is 118 Å². The number of hydrogen-bond acceptors (Lipinski definition) is 24. The number of hydroxylamine groups is 5. The third-order valence-corrected chi connectivity index (χ3v) is 12.0. The van der Waals surface area contributed by atoms with Gasteiger partial charge in [0.05, 0.1) is 13.2 Å². The molecule has 0 aromatic rings. The largest absolute Gasteiger partial charge is 0.600 e. The van der Waals surface area contributed by atoms with E-state index in [0.29, 0.717) is 38.8 Å². The van der Waals surface area contributed by atoms with Crippen molar-refractivity contribution in [3.63, 3.8) is 0 Å². The number of carboxylic acid groups (broad SMARTS) is 2. The minimum atomic E-state index is -2.71. The number of carbonyl (C=O) groups is 14. The van der Waals surface area contributed by atoms with E-state index in [9.17, 15) is 113 Å². The first-order valence-electron chi connectivity index (χ1n) is 26.6. The van der Waals surface area contributed by atoms with Crippen LogP contribution in [0.15, 0.2) is 5.11 Å². The molecule has 0 bridgehead atoms. The monoisotopic (exact) mass is 1220 g/mol. The van der Waals surface area contributed by atoms with E-state index in [0.717, 1.165) is 0 Å². The number of unbranched alkanes of at least 4 members (excludes halogenated alkanes) is 2. The van der Waals surface area contributed by atoms with Crippen LogP contribution in [-0.4, -0.2) is 267 Å². The minimum Gasteiger partial charge on any atom is -0.600 e. The standard InChI is InChI=1S/C46H80N16O23/c47-13-1-3-15-49-37(71)29(11-6-18-60(83)25-67)54-41(75)31(21-63)56-43(77)33(35(69)45(79)80)58-39(73)27(51-23-65)9-5-17-53-62(85)20-8-10-28(52-24-66)40(74)59-34(36(70)46(81)82)44(78)57-32(22-64)42(76)55-30(12-7-19-61(84)26-68)38(72)50-16-4-2-14-48/h23-36,63-64,69-70,83-84H,1-22,47-48H2,(H,49,71)(H,50,72)(H,51,65)(H,52,66)(H,54,75)(H,55,76)(H,56,77)(H,57,78)(H,58,73)(H,59,74)(H,79,80)(H,81,82)/t27-,28-,29-,30-,31-,32-,33+,34+,35+,36+/m0/s1. The van der Waals surface area contributed by atoms with Gasteiger partial charge in [0.1, 0.15) is 54.9 Å². The molecule has 0 saturated carbocycles. The van der Waals surface area contributed by atoms with E-state index < -0.39 is 146 Å². The molecule has 0 aromatic heterocycles. The van der Waals surface area contributed by atoms with Crippen LogP contribution in [0.3, 0.4) is 0 Å². The average Bonchev–Trinajstić information content (AvgIpc) is 3.69. The lowest BCUT2D eigenvalue weighted by molar-refractivity contribution is -0.531. The predicted molar refractivity (Wildman–Crippen MR) is 283 cm³/mol. The number of amides is 12. The fourth-order valence-electron chi connectivity index (χ4n) is 7.31. The van der Waals surface area contributed by atoms with Crippen molar-refractivity contribution in [3.8, 4) is 0 Å². The molecule has 0 aliphatic heterocycles. The Kier molecular flexibility index (Phi) is 39.9. The maximum absolute atomic E-state index is 13.4. The van der Waals surface area contributed by atoms with Gasteiger partial charge in [-0.3, -0.25) is 67.9 Å². The summed E-state index contributed by atoms with van der Waals surface area (Å²) in [5.41, 5.74) is 10.9. The van der Waals surface area contributed by atoms with E-state index in [1.807, 2.05) is 21.3 Å². The molecule has 0 aliphatic carbocycles. The summed E-state index contributed by atoms with van der Waals surface area (Å²) in [5.74, 6) is -13.7. The Balaban J connectivity index is 5.94. The molecular formula is C46H80N16O23. The van der Waals surface area contributed by atoms with Crippen molar-refractivity contribution in [2.75, 3.05) is 65.6 Å². The molecule has 0 saturated heterocycles. The fourth-order valence-corrected chi connectivity index (χ4v) is 7.31. The zero-order chi connectivity index (χ0) is 64.4. The summed E-state index contributed by atoms with van der Waals surface area (Å²) in [7, 11) is 0. The lowest BCUT2D eigenvalue weighted by Crippen LogP contribution is -2.62. The Morgan fingerprint density at radius 3 is 1.18 bits per heavy atom. The van der Waals surface area contributed by atoms with Crippen LogP contribution in [0.5, 0.6) is 0 Å². The molecule has 0 unspecified atom stereocenters. The molecule has 12 amide bonds. The lowest BCUT2D eigenvalue weighted by atomic mass is 10.1. The molecule has 482 valence electrons. The van der Waals surface area contributed by atoms with Crippen LogP contribution >= 0.6 is 0 Å². The molecule has 22 N–H and O–H groups in total. The first-order chi connectivity index (χ1) is 40.4. The van der Waals surface area contributed by atoms with Crippen molar-refractivity contribution in [1.82, 2.24) is 63.3 Å². The second-order valence-electron chi connectivity index (χ2n) is 18.4. The number of nitrogens with two attached hydrogens (primary N) is 2. The van der Waals surface area contributed by atoms with E-state index in [2.05, 4.69) is 37.0 Å². The molecule has 0 aromatic carbocycles. The van der Waals surface area contributed by atoms with E-state index in [1.54, 1.807) is 0 Å². The number of azo groups is 1. The summed E-state index contributed by atoms with van der Waals surface area (Å²) in [4.78, 5) is 174. The molecule has 0 spiro atoms. The van der Waals surface area contributed by atoms with Crippen LogP contribution in [-0.2, 0) is 67.1 Å². The quantitative estimate of drug-likeness (QED) is 0.00672. The van der Waals surface area contributed by atoms with Crippen molar-refractivity contribution in [2.24, 2.45) is 16.6 Å². The second kappa shape index (κ2) is 44.2. The highest BCUT2D eigenvalue weighted by Gasteiger charge is 2.39. The number of aliphatic hydroxyl groups is 4. The molecule has 0 heterocycles. The highest BCUT2D eigenvalue weighted by Crippen LogP contribution is 2.08. The van der Waals surface area contributed by atoms with Crippen molar-refractivity contribution >= 4 is 84.8 Å². The van der Waals surface area contributed by atoms with E-state index in [4.69, 9.17) is 11.5 Å². The molecule has 85 heavy (non-hydrogen) atoms. The first-order valence-corrected chi connectivity index (χ1v) is 26.6. The van der Waals surface area contributed by atoms with Crippen molar-refractivity contribution in [2.45, 2.75) is 138 Å². The van der Waals surface area contributed by atoms with Crippen LogP contribution < -0.4 is 64.6 Å². The lowest BCUT2D eigenvalue weighted by Gasteiger charge is -2.26. The molecular weight excluding hydrogens is 1140 g/mol. The van der Waals surface area contributed by atoms with Gasteiger partial charge in [-0.2, -0.15) is 0 Å². The summed E-state index contributed by atoms with van der Waals surface area (Å²) in [6.07, 6.45) is -4.86. The molecule has 39 nitrogen and oxygen atoms in total. The van der Waals surface area contributed by atoms with Crippen LogP contribution in [0.25, 0.3) is 0 Å². The van der Waals surface area contributed by atoms with Gasteiger partial charge in [0.2, 0.25) is 72.9 Å². The number of carboxylic acids is 2. The van der Waals surface area contributed by atoms with Gasteiger partial charge in [-0.25, -0.2) is 19.7 Å². The van der Waals surface area contributed by atoms with Gasteiger partial charge in [-0.05, 0) is 88.8 Å². The molecule has 39 heteroatoms. The molecule has 10 atom stereocenters. The predicted octanol–water partition coefficient (Wildman–Crippen LogP) is -10.5. The average molecular weight is 1230 g/mol. The van der Waals surface area contributed by atoms with Crippen LogP contribution in [0.2, 0.25) is 0 Å².